The highest BCUT2D eigenvalue weighted by molar-refractivity contribution is 7.85. The summed E-state index contributed by atoms with van der Waals surface area (Å²) in [6, 6.07) is -1.14. The van der Waals surface area contributed by atoms with Gasteiger partial charge in [0.05, 0.1) is 17.9 Å². The van der Waals surface area contributed by atoms with E-state index in [2.05, 4.69) is 19.2 Å². The van der Waals surface area contributed by atoms with Crippen LogP contribution in [0, 0.1) is 0 Å². The van der Waals surface area contributed by atoms with Gasteiger partial charge in [0.1, 0.15) is 6.10 Å². The molecule has 0 radical (unpaired) electrons. The normalized spacial score (nSPS) is 13.9. The summed E-state index contributed by atoms with van der Waals surface area (Å²) in [5, 5.41) is 23.4. The second-order valence-corrected chi connectivity index (χ2v) is 15.9. The summed E-state index contributed by atoms with van der Waals surface area (Å²) in [6.45, 7) is 4.47. The average molecular weight is 690 g/mol. The molecule has 0 aliphatic rings. The van der Waals surface area contributed by atoms with E-state index in [1.54, 1.807) is 0 Å². The molecule has 0 heterocycles. The highest BCUT2D eigenvalue weighted by Gasteiger charge is 2.28. The molecule has 0 aliphatic carbocycles. The first-order valence-electron chi connectivity index (χ1n) is 20.3. The lowest BCUT2D eigenvalue weighted by Crippen LogP contribution is -2.50. The van der Waals surface area contributed by atoms with Crippen molar-refractivity contribution in [2.45, 2.75) is 238 Å². The van der Waals surface area contributed by atoms with Crippen LogP contribution in [0.1, 0.15) is 219 Å². The van der Waals surface area contributed by atoms with Gasteiger partial charge in [0.15, 0.2) is 0 Å². The van der Waals surface area contributed by atoms with Crippen molar-refractivity contribution in [3.8, 4) is 0 Å². The van der Waals surface area contributed by atoms with Gasteiger partial charge in [-0.15, -0.1) is 0 Å². The molecule has 0 aromatic carbocycles. The molecule has 4 N–H and O–H groups in total. The van der Waals surface area contributed by atoms with Crippen LogP contribution in [0.25, 0.3) is 0 Å². The number of aliphatic hydroxyl groups excluding tert-OH is 2. The quantitative estimate of drug-likeness (QED) is 0.0380. The van der Waals surface area contributed by atoms with Gasteiger partial charge in [0.25, 0.3) is 10.1 Å². The third kappa shape index (κ3) is 33.6. The first-order chi connectivity index (χ1) is 22.7. The minimum atomic E-state index is -4.39. The zero-order valence-electron chi connectivity index (χ0n) is 31.0. The van der Waals surface area contributed by atoms with E-state index in [-0.39, 0.29) is 0 Å². The highest BCUT2D eigenvalue weighted by atomic mass is 32.2. The number of nitrogens with one attached hydrogen (secondary N) is 1. The molecule has 282 valence electrons. The Morgan fingerprint density at radius 1 is 0.489 bits per heavy atom. The van der Waals surface area contributed by atoms with E-state index < -0.39 is 40.0 Å². The summed E-state index contributed by atoms with van der Waals surface area (Å²) in [4.78, 5) is 12.5. The van der Waals surface area contributed by atoms with Crippen LogP contribution in [0.2, 0.25) is 0 Å². The van der Waals surface area contributed by atoms with Crippen molar-refractivity contribution in [3.63, 3.8) is 0 Å². The first-order valence-corrected chi connectivity index (χ1v) is 21.9. The van der Waals surface area contributed by atoms with Gasteiger partial charge in [0, 0.05) is 0 Å². The fourth-order valence-corrected chi connectivity index (χ4v) is 7.28. The van der Waals surface area contributed by atoms with Gasteiger partial charge >= 0.3 is 0 Å². The Morgan fingerprint density at radius 3 is 1.06 bits per heavy atom. The Bertz CT molecular complexity index is 777. The van der Waals surface area contributed by atoms with Crippen LogP contribution in [0.15, 0.2) is 0 Å². The first kappa shape index (κ1) is 46.3. The van der Waals surface area contributed by atoms with Crippen LogP contribution in [-0.2, 0) is 14.9 Å². The van der Waals surface area contributed by atoms with Crippen molar-refractivity contribution in [1.29, 1.82) is 0 Å². The molecule has 0 aromatic rings. The number of hydrogen-bond acceptors (Lipinski definition) is 5. The molecular formula is C39H79NO6S. The molecule has 8 heteroatoms. The molecular weight excluding hydrogens is 610 g/mol. The smallest absolute Gasteiger partial charge is 0.266 e. The predicted molar refractivity (Wildman–Crippen MR) is 199 cm³/mol. The minimum Gasteiger partial charge on any atom is -0.391 e. The topological polar surface area (TPSA) is 124 Å². The van der Waals surface area contributed by atoms with Crippen LogP contribution in [0.3, 0.4) is 0 Å². The molecule has 7 nitrogen and oxygen atoms in total. The lowest BCUT2D eigenvalue weighted by Gasteiger charge is -2.24. The van der Waals surface area contributed by atoms with Crippen LogP contribution >= 0.6 is 0 Å². The van der Waals surface area contributed by atoms with Crippen molar-refractivity contribution >= 4 is 16.0 Å². The van der Waals surface area contributed by atoms with Crippen LogP contribution < -0.4 is 5.32 Å². The number of rotatable bonds is 37. The van der Waals surface area contributed by atoms with E-state index in [9.17, 15) is 28.0 Å². The molecule has 3 unspecified atom stereocenters. The van der Waals surface area contributed by atoms with E-state index in [1.807, 2.05) is 0 Å². The second kappa shape index (κ2) is 33.8. The number of carbonyl (C=O) groups is 1. The second-order valence-electron chi connectivity index (χ2n) is 14.4. The Kier molecular flexibility index (Phi) is 33.3. The van der Waals surface area contributed by atoms with Crippen LogP contribution in [0.4, 0.5) is 0 Å². The summed E-state index contributed by atoms with van der Waals surface area (Å²) >= 11 is 0. The summed E-state index contributed by atoms with van der Waals surface area (Å²) in [7, 11) is -4.39. The predicted octanol–water partition coefficient (Wildman–Crippen LogP) is 10.6. The van der Waals surface area contributed by atoms with Gasteiger partial charge in [-0.25, -0.2) is 0 Å². The maximum absolute atomic E-state index is 12.5. The third-order valence-electron chi connectivity index (χ3n) is 9.67. The molecule has 0 aliphatic heterocycles. The molecule has 47 heavy (non-hydrogen) atoms. The van der Waals surface area contributed by atoms with E-state index in [0.29, 0.717) is 12.8 Å². The number of amides is 1. The van der Waals surface area contributed by atoms with Crippen LogP contribution in [-0.4, -0.2) is 53.1 Å². The Hall–Kier alpha value is -0.700. The van der Waals surface area contributed by atoms with Gasteiger partial charge in [0.2, 0.25) is 5.91 Å². The number of carbonyl (C=O) groups excluding carboxylic acids is 1. The summed E-state index contributed by atoms with van der Waals surface area (Å²) in [6.07, 6.45) is 35.8. The summed E-state index contributed by atoms with van der Waals surface area (Å²) < 4.78 is 32.4. The van der Waals surface area contributed by atoms with E-state index in [4.69, 9.17) is 0 Å². The lowest BCUT2D eigenvalue weighted by molar-refractivity contribution is -0.131. The van der Waals surface area contributed by atoms with Gasteiger partial charge < -0.3 is 15.5 Å². The van der Waals surface area contributed by atoms with Crippen molar-refractivity contribution in [1.82, 2.24) is 5.32 Å². The molecule has 0 fully saturated rings. The Labute approximate surface area is 292 Å². The molecule has 1 amide bonds. The fourth-order valence-electron chi connectivity index (χ4n) is 6.52. The van der Waals surface area contributed by atoms with E-state index >= 15 is 0 Å². The molecule has 0 saturated carbocycles. The largest absolute Gasteiger partial charge is 0.391 e. The third-order valence-corrected chi connectivity index (χ3v) is 10.4. The number of unbranched alkanes of at least 4 members (excludes halogenated alkanes) is 28. The zero-order chi connectivity index (χ0) is 34.9. The summed E-state index contributed by atoms with van der Waals surface area (Å²) in [5.74, 6) is -1.44. The molecule has 3 atom stereocenters. The highest BCUT2D eigenvalue weighted by Crippen LogP contribution is 2.17. The SMILES string of the molecule is CCCCCCCCCCCCCCCCCCCCCCCCC(O)C(=O)NC(CS(=O)(=O)O)C(O)CCCCCCCCCC. The molecule has 0 spiro atoms. The standard InChI is InChI=1S/C39H79NO6S/c1-3-5-7-9-11-13-14-15-16-17-18-19-20-21-22-23-24-25-26-28-30-32-34-38(42)39(43)40-36(35-47(44,45)46)37(41)33-31-29-27-12-10-8-6-4-2/h36-38,41-42H,3-35H2,1-2H3,(H,40,43)(H,44,45,46). The van der Waals surface area contributed by atoms with Gasteiger partial charge in [-0.2, -0.15) is 8.42 Å². The van der Waals surface area contributed by atoms with Crippen molar-refractivity contribution in [2.75, 3.05) is 5.75 Å². The maximum Gasteiger partial charge on any atom is 0.266 e. The van der Waals surface area contributed by atoms with Crippen molar-refractivity contribution < 1.29 is 28.0 Å². The number of hydrogen-bond donors (Lipinski definition) is 4. The monoisotopic (exact) mass is 690 g/mol. The summed E-state index contributed by atoms with van der Waals surface area (Å²) in [5.41, 5.74) is 0. The Balaban J connectivity index is 3.79. The molecule has 0 bridgehead atoms. The fraction of sp³-hybridized carbons (Fsp3) is 0.974. The average Bonchev–Trinajstić information content (AvgIpc) is 3.03. The molecule has 0 saturated heterocycles. The van der Waals surface area contributed by atoms with Gasteiger partial charge in [-0.1, -0.05) is 206 Å². The zero-order valence-corrected chi connectivity index (χ0v) is 31.9. The Morgan fingerprint density at radius 2 is 0.766 bits per heavy atom. The molecule has 0 aromatic heterocycles. The van der Waals surface area contributed by atoms with Crippen LogP contribution in [0.5, 0.6) is 0 Å². The van der Waals surface area contributed by atoms with Crippen molar-refractivity contribution in [3.05, 3.63) is 0 Å². The van der Waals surface area contributed by atoms with E-state index in [0.717, 1.165) is 44.9 Å². The van der Waals surface area contributed by atoms with Gasteiger partial charge in [-0.05, 0) is 12.8 Å². The molecule has 0 rings (SSSR count). The van der Waals surface area contributed by atoms with E-state index in [1.165, 1.54) is 148 Å². The lowest BCUT2D eigenvalue weighted by atomic mass is 10.0. The van der Waals surface area contributed by atoms with Crippen molar-refractivity contribution in [2.24, 2.45) is 0 Å². The maximum atomic E-state index is 12.5. The van der Waals surface area contributed by atoms with Gasteiger partial charge in [-0.3, -0.25) is 9.35 Å². The number of aliphatic hydroxyl groups is 2. The minimum absolute atomic E-state index is 0.303.